The Bertz CT molecular complexity index is 346. The number of nitrogens with one attached hydrogen (secondary N) is 1. The van der Waals surface area contributed by atoms with Gasteiger partial charge in [0.15, 0.2) is 0 Å². The molecular formula is C17H32N2O. The molecule has 1 aromatic rings. The van der Waals surface area contributed by atoms with E-state index in [0.717, 1.165) is 43.8 Å². The van der Waals surface area contributed by atoms with E-state index in [4.69, 9.17) is 4.42 Å². The Morgan fingerprint density at radius 1 is 1.10 bits per heavy atom. The summed E-state index contributed by atoms with van der Waals surface area (Å²) in [7, 11) is 1.98. The van der Waals surface area contributed by atoms with Gasteiger partial charge in [-0.3, -0.25) is 4.90 Å². The number of nitrogens with zero attached hydrogens (tertiary/aromatic N) is 1. The topological polar surface area (TPSA) is 28.4 Å². The van der Waals surface area contributed by atoms with E-state index in [-0.39, 0.29) is 0 Å². The minimum Gasteiger partial charge on any atom is -0.468 e. The van der Waals surface area contributed by atoms with Crippen LogP contribution in [0.1, 0.15) is 51.9 Å². The number of rotatable bonds is 10. The zero-order valence-corrected chi connectivity index (χ0v) is 13.9. The molecular weight excluding hydrogens is 248 g/mol. The van der Waals surface area contributed by atoms with Gasteiger partial charge in [-0.2, -0.15) is 0 Å². The maximum atomic E-state index is 5.68. The molecule has 3 nitrogen and oxygen atoms in total. The van der Waals surface area contributed by atoms with Gasteiger partial charge < -0.3 is 9.73 Å². The predicted molar refractivity (Wildman–Crippen MR) is 85.7 cm³/mol. The summed E-state index contributed by atoms with van der Waals surface area (Å²) in [5.41, 5.74) is 1.28. The molecule has 0 saturated heterocycles. The molecule has 0 spiro atoms. The second-order valence-corrected chi connectivity index (χ2v) is 6.54. The molecule has 0 saturated carbocycles. The molecule has 0 radical (unpaired) electrons. The summed E-state index contributed by atoms with van der Waals surface area (Å²) in [6, 6.07) is 2.08. The van der Waals surface area contributed by atoms with Gasteiger partial charge in [-0.25, -0.2) is 0 Å². The molecule has 0 aliphatic heterocycles. The molecule has 116 valence electrons. The van der Waals surface area contributed by atoms with E-state index in [0.29, 0.717) is 0 Å². The highest BCUT2D eigenvalue weighted by Gasteiger charge is 2.13. The van der Waals surface area contributed by atoms with Gasteiger partial charge in [0.1, 0.15) is 5.76 Å². The molecule has 1 aromatic heterocycles. The van der Waals surface area contributed by atoms with Crippen molar-refractivity contribution in [3.8, 4) is 0 Å². The predicted octanol–water partition coefficient (Wildman–Crippen LogP) is 3.89. The van der Waals surface area contributed by atoms with Crippen molar-refractivity contribution in [1.82, 2.24) is 10.2 Å². The number of hydrogen-bond donors (Lipinski definition) is 1. The fourth-order valence-corrected chi connectivity index (χ4v) is 2.21. The minimum absolute atomic E-state index is 0.755. The van der Waals surface area contributed by atoms with Crippen LogP contribution in [0.3, 0.4) is 0 Å². The quantitative estimate of drug-likeness (QED) is 0.705. The van der Waals surface area contributed by atoms with Crippen LogP contribution in [0.2, 0.25) is 0 Å². The van der Waals surface area contributed by atoms with Gasteiger partial charge in [-0.15, -0.1) is 0 Å². The molecule has 0 bridgehead atoms. The van der Waals surface area contributed by atoms with E-state index in [1.165, 1.54) is 18.4 Å². The summed E-state index contributed by atoms with van der Waals surface area (Å²) >= 11 is 0. The van der Waals surface area contributed by atoms with Crippen LogP contribution in [0, 0.1) is 11.8 Å². The third-order valence-electron chi connectivity index (χ3n) is 3.62. The van der Waals surface area contributed by atoms with Crippen LogP contribution in [0.15, 0.2) is 16.7 Å². The Morgan fingerprint density at radius 3 is 2.20 bits per heavy atom. The smallest absolute Gasteiger partial charge is 0.122 e. The molecule has 0 aliphatic carbocycles. The van der Waals surface area contributed by atoms with E-state index < -0.39 is 0 Å². The molecule has 0 amide bonds. The summed E-state index contributed by atoms with van der Waals surface area (Å²) < 4.78 is 5.68. The summed E-state index contributed by atoms with van der Waals surface area (Å²) in [5.74, 6) is 2.63. The van der Waals surface area contributed by atoms with E-state index in [9.17, 15) is 0 Å². The number of hydrogen-bond acceptors (Lipinski definition) is 3. The van der Waals surface area contributed by atoms with Crippen molar-refractivity contribution in [2.24, 2.45) is 11.8 Å². The van der Waals surface area contributed by atoms with Gasteiger partial charge in [0, 0.05) is 12.1 Å². The van der Waals surface area contributed by atoms with Gasteiger partial charge in [0.05, 0.1) is 12.8 Å². The first-order chi connectivity index (χ1) is 9.52. The van der Waals surface area contributed by atoms with E-state index in [2.05, 4.69) is 44.0 Å². The van der Waals surface area contributed by atoms with Gasteiger partial charge >= 0.3 is 0 Å². The normalized spacial score (nSPS) is 12.0. The second kappa shape index (κ2) is 9.19. The lowest BCUT2D eigenvalue weighted by Crippen LogP contribution is -2.27. The van der Waals surface area contributed by atoms with E-state index in [1.54, 1.807) is 0 Å². The zero-order chi connectivity index (χ0) is 15.0. The third-order valence-corrected chi connectivity index (χ3v) is 3.62. The fourth-order valence-electron chi connectivity index (χ4n) is 2.21. The Labute approximate surface area is 124 Å². The van der Waals surface area contributed by atoms with E-state index >= 15 is 0 Å². The van der Waals surface area contributed by atoms with Crippen LogP contribution in [-0.4, -0.2) is 25.0 Å². The second-order valence-electron chi connectivity index (χ2n) is 6.54. The molecule has 0 aromatic carbocycles. The molecule has 1 N–H and O–H groups in total. The molecule has 0 unspecified atom stereocenters. The standard InChI is InChI=1S/C17H32N2O/c1-14(2)6-9-19(10-7-15(3)4)13-17-16(12-18-5)8-11-20-17/h8,11,14-15,18H,6-7,9-10,12-13H2,1-5H3. The van der Waals surface area contributed by atoms with Gasteiger partial charge in [-0.05, 0) is 50.9 Å². The van der Waals surface area contributed by atoms with Crippen LogP contribution in [0.25, 0.3) is 0 Å². The van der Waals surface area contributed by atoms with Gasteiger partial charge in [0.25, 0.3) is 0 Å². The highest BCUT2D eigenvalue weighted by molar-refractivity contribution is 5.16. The highest BCUT2D eigenvalue weighted by Crippen LogP contribution is 2.15. The van der Waals surface area contributed by atoms with Crippen LogP contribution < -0.4 is 5.32 Å². The highest BCUT2D eigenvalue weighted by atomic mass is 16.3. The van der Waals surface area contributed by atoms with Crippen molar-refractivity contribution >= 4 is 0 Å². The Balaban J connectivity index is 2.59. The van der Waals surface area contributed by atoms with Crippen LogP contribution in [0.5, 0.6) is 0 Å². The maximum Gasteiger partial charge on any atom is 0.122 e. The molecule has 0 fully saturated rings. The molecule has 20 heavy (non-hydrogen) atoms. The Kier molecular flexibility index (Phi) is 7.93. The molecule has 0 atom stereocenters. The summed E-state index contributed by atoms with van der Waals surface area (Å²) in [5, 5.41) is 3.21. The Hall–Kier alpha value is -0.800. The van der Waals surface area contributed by atoms with Crippen molar-refractivity contribution in [3.05, 3.63) is 23.7 Å². The first-order valence-electron chi connectivity index (χ1n) is 7.95. The zero-order valence-electron chi connectivity index (χ0n) is 13.9. The fraction of sp³-hybridized carbons (Fsp3) is 0.765. The van der Waals surface area contributed by atoms with Crippen molar-refractivity contribution < 1.29 is 4.42 Å². The van der Waals surface area contributed by atoms with Crippen molar-refractivity contribution in [2.45, 2.75) is 53.6 Å². The van der Waals surface area contributed by atoms with Crippen LogP contribution in [0.4, 0.5) is 0 Å². The molecule has 3 heteroatoms. The lowest BCUT2D eigenvalue weighted by atomic mass is 10.1. The molecule has 1 heterocycles. The molecule has 0 aliphatic rings. The molecule has 1 rings (SSSR count). The van der Waals surface area contributed by atoms with Crippen molar-refractivity contribution in [2.75, 3.05) is 20.1 Å². The SMILES string of the molecule is CNCc1ccoc1CN(CCC(C)C)CCC(C)C. The summed E-state index contributed by atoms with van der Waals surface area (Å²) in [6.07, 6.45) is 4.31. The summed E-state index contributed by atoms with van der Waals surface area (Å²) in [6.45, 7) is 13.3. The van der Waals surface area contributed by atoms with E-state index in [1.807, 2.05) is 13.3 Å². The average Bonchev–Trinajstić information content (AvgIpc) is 2.80. The Morgan fingerprint density at radius 2 is 1.70 bits per heavy atom. The minimum atomic E-state index is 0.755. The number of furan rings is 1. The van der Waals surface area contributed by atoms with Gasteiger partial charge in [-0.1, -0.05) is 27.7 Å². The first-order valence-corrected chi connectivity index (χ1v) is 7.95. The lowest BCUT2D eigenvalue weighted by molar-refractivity contribution is 0.218. The summed E-state index contributed by atoms with van der Waals surface area (Å²) in [4.78, 5) is 2.54. The average molecular weight is 280 g/mol. The third kappa shape index (κ3) is 6.58. The van der Waals surface area contributed by atoms with Crippen LogP contribution >= 0.6 is 0 Å². The lowest BCUT2D eigenvalue weighted by Gasteiger charge is -2.23. The van der Waals surface area contributed by atoms with Crippen molar-refractivity contribution in [3.63, 3.8) is 0 Å². The van der Waals surface area contributed by atoms with Crippen LogP contribution in [-0.2, 0) is 13.1 Å². The van der Waals surface area contributed by atoms with Gasteiger partial charge in [0.2, 0.25) is 0 Å². The first kappa shape index (κ1) is 17.3. The monoisotopic (exact) mass is 280 g/mol. The van der Waals surface area contributed by atoms with Crippen molar-refractivity contribution in [1.29, 1.82) is 0 Å². The largest absolute Gasteiger partial charge is 0.468 e. The maximum absolute atomic E-state index is 5.68.